The fourth-order valence-corrected chi connectivity index (χ4v) is 3.38. The van der Waals surface area contributed by atoms with Crippen molar-refractivity contribution in [3.63, 3.8) is 0 Å². The minimum Gasteiger partial charge on any atom is -0.341 e. The van der Waals surface area contributed by atoms with Crippen molar-refractivity contribution in [2.45, 2.75) is 6.42 Å². The van der Waals surface area contributed by atoms with Gasteiger partial charge in [-0.05, 0) is 23.6 Å². The maximum Gasteiger partial charge on any atom is 0.261 e. The van der Waals surface area contributed by atoms with Gasteiger partial charge < -0.3 is 4.98 Å². The van der Waals surface area contributed by atoms with Crippen LogP contribution in [0.1, 0.15) is 26.4 Å². The van der Waals surface area contributed by atoms with Crippen LogP contribution < -0.4 is 0 Å². The fourth-order valence-electron chi connectivity index (χ4n) is 2.70. The first-order chi connectivity index (χ1) is 11.2. The van der Waals surface area contributed by atoms with E-state index in [1.807, 2.05) is 17.5 Å². The molecule has 1 aromatic carbocycles. The monoisotopic (exact) mass is 323 g/mol. The summed E-state index contributed by atoms with van der Waals surface area (Å²) in [6, 6.07) is 10.9. The Kier molecular flexibility index (Phi) is 3.31. The van der Waals surface area contributed by atoms with E-state index in [-0.39, 0.29) is 11.8 Å². The number of carbonyl (C=O) groups is 2. The summed E-state index contributed by atoms with van der Waals surface area (Å²) in [5, 5.41) is 2.00. The third-order valence-corrected chi connectivity index (χ3v) is 4.74. The number of H-pyrrole nitrogens is 1. The van der Waals surface area contributed by atoms with Crippen molar-refractivity contribution in [1.29, 1.82) is 0 Å². The van der Waals surface area contributed by atoms with Crippen molar-refractivity contribution in [2.24, 2.45) is 0 Å². The summed E-state index contributed by atoms with van der Waals surface area (Å²) in [7, 11) is 0. The van der Waals surface area contributed by atoms with Crippen LogP contribution in [0, 0.1) is 0 Å². The number of imide groups is 1. The maximum atomic E-state index is 12.3. The quantitative estimate of drug-likeness (QED) is 0.751. The third kappa shape index (κ3) is 2.37. The van der Waals surface area contributed by atoms with E-state index in [9.17, 15) is 9.59 Å². The topological polar surface area (TPSA) is 66.1 Å². The summed E-state index contributed by atoms with van der Waals surface area (Å²) in [5.41, 5.74) is 1.88. The highest BCUT2D eigenvalue weighted by atomic mass is 32.1. The molecule has 0 bridgehead atoms. The van der Waals surface area contributed by atoms with Crippen molar-refractivity contribution in [1.82, 2.24) is 14.9 Å². The molecule has 0 fully saturated rings. The van der Waals surface area contributed by atoms with Crippen molar-refractivity contribution in [3.05, 3.63) is 64.8 Å². The first-order valence-electron chi connectivity index (χ1n) is 7.27. The normalized spacial score (nSPS) is 13.7. The predicted molar refractivity (Wildman–Crippen MR) is 87.4 cm³/mol. The summed E-state index contributed by atoms with van der Waals surface area (Å²) in [6.07, 6.45) is 2.32. The van der Waals surface area contributed by atoms with E-state index in [1.165, 1.54) is 4.90 Å². The van der Waals surface area contributed by atoms with Crippen LogP contribution in [0.4, 0.5) is 0 Å². The van der Waals surface area contributed by atoms with E-state index in [1.54, 1.807) is 41.8 Å². The lowest BCUT2D eigenvalue weighted by atomic mass is 10.1. The predicted octanol–water partition coefficient (Wildman–Crippen LogP) is 2.98. The van der Waals surface area contributed by atoms with Crippen LogP contribution in [0.2, 0.25) is 0 Å². The number of aromatic amines is 1. The molecule has 1 aliphatic rings. The smallest absolute Gasteiger partial charge is 0.261 e. The first-order valence-corrected chi connectivity index (χ1v) is 8.15. The Morgan fingerprint density at radius 1 is 1.04 bits per heavy atom. The molecule has 3 heterocycles. The second-order valence-corrected chi connectivity index (χ2v) is 6.24. The number of hydrogen-bond acceptors (Lipinski definition) is 4. The van der Waals surface area contributed by atoms with E-state index >= 15 is 0 Å². The number of amides is 2. The molecule has 4 rings (SSSR count). The van der Waals surface area contributed by atoms with E-state index in [2.05, 4.69) is 9.97 Å². The molecule has 0 atom stereocenters. The van der Waals surface area contributed by atoms with E-state index < -0.39 is 0 Å². The summed E-state index contributed by atoms with van der Waals surface area (Å²) >= 11 is 1.61. The fraction of sp³-hybridized carbons (Fsp3) is 0.118. The van der Waals surface area contributed by atoms with Crippen molar-refractivity contribution < 1.29 is 9.59 Å². The molecule has 3 aromatic rings. The number of fused-ring (bicyclic) bond motifs is 1. The first kappa shape index (κ1) is 13.9. The van der Waals surface area contributed by atoms with E-state index in [0.717, 1.165) is 16.4 Å². The lowest BCUT2D eigenvalue weighted by Crippen LogP contribution is -2.31. The molecular weight excluding hydrogens is 310 g/mol. The molecule has 0 unspecified atom stereocenters. The van der Waals surface area contributed by atoms with Crippen molar-refractivity contribution >= 4 is 23.2 Å². The Bertz CT molecular complexity index is 848. The van der Waals surface area contributed by atoms with Gasteiger partial charge in [-0.15, -0.1) is 11.3 Å². The van der Waals surface area contributed by atoms with Gasteiger partial charge in [0.2, 0.25) is 0 Å². The molecule has 2 amide bonds. The van der Waals surface area contributed by atoms with Gasteiger partial charge in [0.05, 0.1) is 16.0 Å². The maximum absolute atomic E-state index is 12.3. The number of hydrogen-bond donors (Lipinski definition) is 1. The minimum atomic E-state index is -0.219. The van der Waals surface area contributed by atoms with Gasteiger partial charge in [0, 0.05) is 24.9 Å². The third-order valence-electron chi connectivity index (χ3n) is 3.87. The number of nitrogens with one attached hydrogen (secondary N) is 1. The van der Waals surface area contributed by atoms with Crippen LogP contribution in [0.5, 0.6) is 0 Å². The van der Waals surface area contributed by atoms with Crippen LogP contribution in [0.3, 0.4) is 0 Å². The number of rotatable bonds is 4. The van der Waals surface area contributed by atoms with Gasteiger partial charge in [-0.25, -0.2) is 4.98 Å². The SMILES string of the molecule is O=C1c2ccccc2C(=O)N1CCc1cnc(-c2cccs2)[nH]1. The van der Waals surface area contributed by atoms with Gasteiger partial charge in [-0.1, -0.05) is 18.2 Å². The molecule has 0 radical (unpaired) electrons. The molecule has 1 aliphatic heterocycles. The Morgan fingerprint density at radius 3 is 2.43 bits per heavy atom. The summed E-state index contributed by atoms with van der Waals surface area (Å²) in [6.45, 7) is 0.346. The van der Waals surface area contributed by atoms with Gasteiger partial charge in [0.15, 0.2) is 0 Å². The number of benzene rings is 1. The number of carbonyl (C=O) groups excluding carboxylic acids is 2. The molecule has 1 N–H and O–H groups in total. The summed E-state index contributed by atoms with van der Waals surface area (Å²) < 4.78 is 0. The lowest BCUT2D eigenvalue weighted by Gasteiger charge is -2.12. The summed E-state index contributed by atoms with van der Waals surface area (Å²) in [4.78, 5) is 34.6. The number of nitrogens with zero attached hydrogens (tertiary/aromatic N) is 2. The van der Waals surface area contributed by atoms with E-state index in [4.69, 9.17) is 0 Å². The molecule has 6 heteroatoms. The van der Waals surface area contributed by atoms with Gasteiger partial charge in [-0.3, -0.25) is 14.5 Å². The highest BCUT2D eigenvalue weighted by molar-refractivity contribution is 7.13. The highest BCUT2D eigenvalue weighted by Gasteiger charge is 2.34. The number of aromatic nitrogens is 2. The second kappa shape index (κ2) is 5.48. The van der Waals surface area contributed by atoms with Crippen LogP contribution in [0.15, 0.2) is 48.0 Å². The number of thiophene rings is 1. The zero-order valence-electron chi connectivity index (χ0n) is 12.2. The zero-order valence-corrected chi connectivity index (χ0v) is 13.0. The summed E-state index contributed by atoms with van der Waals surface area (Å²) in [5.74, 6) is 0.379. The Labute approximate surface area is 136 Å². The molecule has 23 heavy (non-hydrogen) atoms. The van der Waals surface area contributed by atoms with Gasteiger partial charge in [-0.2, -0.15) is 0 Å². The number of imidazole rings is 1. The Balaban J connectivity index is 1.48. The molecule has 0 saturated carbocycles. The van der Waals surface area contributed by atoms with E-state index in [0.29, 0.717) is 24.1 Å². The molecule has 114 valence electrons. The standard InChI is InChI=1S/C17H13N3O2S/c21-16-12-4-1-2-5-13(12)17(22)20(16)8-7-11-10-18-15(19-11)14-6-3-9-23-14/h1-6,9-10H,7-8H2,(H,18,19). The second-order valence-electron chi connectivity index (χ2n) is 5.29. The molecule has 0 aliphatic carbocycles. The zero-order chi connectivity index (χ0) is 15.8. The molecular formula is C17H13N3O2S. The highest BCUT2D eigenvalue weighted by Crippen LogP contribution is 2.24. The van der Waals surface area contributed by atoms with Gasteiger partial charge in [0.25, 0.3) is 11.8 Å². The Morgan fingerprint density at radius 2 is 1.78 bits per heavy atom. The van der Waals surface area contributed by atoms with Crippen molar-refractivity contribution in [2.75, 3.05) is 6.54 Å². The molecule has 0 saturated heterocycles. The van der Waals surface area contributed by atoms with Crippen LogP contribution in [0.25, 0.3) is 10.7 Å². The largest absolute Gasteiger partial charge is 0.341 e. The van der Waals surface area contributed by atoms with Crippen molar-refractivity contribution in [3.8, 4) is 10.7 Å². The van der Waals surface area contributed by atoms with Gasteiger partial charge in [0.1, 0.15) is 5.82 Å². The average molecular weight is 323 g/mol. The lowest BCUT2D eigenvalue weighted by molar-refractivity contribution is 0.0656. The molecule has 0 spiro atoms. The molecule has 2 aromatic heterocycles. The van der Waals surface area contributed by atoms with Crippen LogP contribution >= 0.6 is 11.3 Å². The molecule has 5 nitrogen and oxygen atoms in total. The van der Waals surface area contributed by atoms with Crippen LogP contribution in [-0.4, -0.2) is 33.2 Å². The van der Waals surface area contributed by atoms with Crippen LogP contribution in [-0.2, 0) is 6.42 Å². The Hall–Kier alpha value is -2.73. The van der Waals surface area contributed by atoms with Gasteiger partial charge >= 0.3 is 0 Å². The average Bonchev–Trinajstić information content (AvgIpc) is 3.29. The minimum absolute atomic E-state index is 0.219.